The van der Waals surface area contributed by atoms with Gasteiger partial charge >= 0.3 is 0 Å². The first-order chi connectivity index (χ1) is 13.7. The van der Waals surface area contributed by atoms with Gasteiger partial charge in [-0.15, -0.1) is 0 Å². The van der Waals surface area contributed by atoms with Crippen LogP contribution in [0.2, 0.25) is 0 Å². The van der Waals surface area contributed by atoms with Crippen molar-refractivity contribution in [2.24, 2.45) is 5.92 Å². The van der Waals surface area contributed by atoms with Crippen LogP contribution in [0.25, 0.3) is 0 Å². The normalized spacial score (nSPS) is 25.5. The molecule has 162 valence electrons. The molecule has 0 radical (unpaired) electrons. The molecule has 1 aliphatic heterocycles. The van der Waals surface area contributed by atoms with E-state index in [0.29, 0.717) is 37.0 Å². The Bertz CT molecular complexity index is 832. The van der Waals surface area contributed by atoms with Crippen molar-refractivity contribution in [3.05, 3.63) is 29.3 Å². The predicted octanol–water partition coefficient (Wildman–Crippen LogP) is 1.28. The summed E-state index contributed by atoms with van der Waals surface area (Å²) in [7, 11) is -3.48. The van der Waals surface area contributed by atoms with Crippen LogP contribution in [0.3, 0.4) is 0 Å². The molecule has 29 heavy (non-hydrogen) atoms. The van der Waals surface area contributed by atoms with Gasteiger partial charge in [0.1, 0.15) is 0 Å². The zero-order valence-corrected chi connectivity index (χ0v) is 19.0. The molecule has 3 atom stereocenters. The van der Waals surface area contributed by atoms with Gasteiger partial charge in [-0.2, -0.15) is 4.31 Å². The van der Waals surface area contributed by atoms with Crippen molar-refractivity contribution in [3.8, 4) is 0 Å². The quantitative estimate of drug-likeness (QED) is 0.751. The molecule has 2 N–H and O–H groups in total. The fourth-order valence-electron chi connectivity index (χ4n) is 4.49. The number of amides is 1. The fourth-order valence-corrected chi connectivity index (χ4v) is 6.02. The molecule has 1 aromatic carbocycles. The molecule has 6 nitrogen and oxygen atoms in total. The monoisotopic (exact) mass is 422 g/mol. The third kappa shape index (κ3) is 5.01. The van der Waals surface area contributed by atoms with E-state index in [0.717, 1.165) is 22.4 Å². The van der Waals surface area contributed by atoms with Gasteiger partial charge in [0.25, 0.3) is 5.91 Å². The lowest BCUT2D eigenvalue weighted by molar-refractivity contribution is -0.917. The van der Waals surface area contributed by atoms with Crippen molar-refractivity contribution in [1.82, 2.24) is 9.62 Å². The summed E-state index contributed by atoms with van der Waals surface area (Å²) in [6.45, 7) is 10.3. The summed E-state index contributed by atoms with van der Waals surface area (Å²) in [5, 5.41) is 3.25. The lowest BCUT2D eigenvalue weighted by Gasteiger charge is -2.36. The minimum absolute atomic E-state index is 0.101. The van der Waals surface area contributed by atoms with Crippen LogP contribution >= 0.6 is 0 Å². The maximum absolute atomic E-state index is 13.0. The summed E-state index contributed by atoms with van der Waals surface area (Å²) in [6.07, 6.45) is 4.69. The summed E-state index contributed by atoms with van der Waals surface area (Å²) >= 11 is 0. The van der Waals surface area contributed by atoms with Crippen molar-refractivity contribution in [3.63, 3.8) is 0 Å². The highest BCUT2D eigenvalue weighted by Crippen LogP contribution is 2.23. The van der Waals surface area contributed by atoms with Crippen LogP contribution in [0.4, 0.5) is 0 Å². The Morgan fingerprint density at radius 2 is 1.79 bits per heavy atom. The number of sulfonamides is 1. The molecular weight excluding hydrogens is 386 g/mol. The molecule has 1 heterocycles. The Labute approximate surface area is 175 Å². The van der Waals surface area contributed by atoms with Crippen LogP contribution in [-0.2, 0) is 14.8 Å². The Kier molecular flexibility index (Phi) is 7.02. The van der Waals surface area contributed by atoms with Gasteiger partial charge in [-0.1, -0.05) is 25.8 Å². The number of hydrogen-bond acceptors (Lipinski definition) is 3. The number of rotatable bonds is 5. The lowest BCUT2D eigenvalue weighted by atomic mass is 9.86. The standard InChI is InChI=1S/C22H35N3O3S/c1-16-9-10-20(15-18(16)3)29(27,28)25-13-11-24(12-14-25)19(4)22(26)23-21-8-6-5-7-17(21)2/h9-10,15,17,19,21H,5-8,11-14H2,1-4H3,(H,23,26)/p+1/t17-,19-,21+/m0/s1. The van der Waals surface area contributed by atoms with Gasteiger partial charge in [-0.05, 0) is 62.8 Å². The molecule has 7 heteroatoms. The Morgan fingerprint density at radius 1 is 1.14 bits per heavy atom. The largest absolute Gasteiger partial charge is 0.348 e. The molecule has 0 unspecified atom stereocenters. The van der Waals surface area contributed by atoms with Crippen LogP contribution in [0.15, 0.2) is 23.1 Å². The average molecular weight is 423 g/mol. The van der Waals surface area contributed by atoms with E-state index >= 15 is 0 Å². The number of carbonyl (C=O) groups excluding carboxylic acids is 1. The maximum atomic E-state index is 13.0. The molecule has 1 amide bonds. The molecule has 0 aromatic heterocycles. The van der Waals surface area contributed by atoms with E-state index in [1.165, 1.54) is 19.3 Å². The molecule has 1 saturated carbocycles. The van der Waals surface area contributed by atoms with Gasteiger partial charge in [0.15, 0.2) is 6.04 Å². The number of hydrogen-bond donors (Lipinski definition) is 2. The minimum atomic E-state index is -3.48. The number of aryl methyl sites for hydroxylation is 2. The van der Waals surface area contributed by atoms with Crippen LogP contribution in [0.1, 0.15) is 50.7 Å². The zero-order valence-electron chi connectivity index (χ0n) is 18.2. The second-order valence-corrected chi connectivity index (χ2v) is 10.8. The number of nitrogens with zero attached hydrogens (tertiary/aromatic N) is 1. The molecule has 0 bridgehead atoms. The fraction of sp³-hybridized carbons (Fsp3) is 0.682. The third-order valence-corrected chi connectivity index (χ3v) is 8.82. The van der Waals surface area contributed by atoms with E-state index in [2.05, 4.69) is 12.2 Å². The maximum Gasteiger partial charge on any atom is 0.278 e. The highest BCUT2D eigenvalue weighted by atomic mass is 32.2. The second kappa shape index (κ2) is 9.14. The first-order valence-electron chi connectivity index (χ1n) is 10.9. The van der Waals surface area contributed by atoms with Crippen LogP contribution in [-0.4, -0.2) is 56.9 Å². The smallest absolute Gasteiger partial charge is 0.278 e. The molecule has 1 aromatic rings. The SMILES string of the molecule is Cc1ccc(S(=O)(=O)N2CC[NH+]([C@@H](C)C(=O)N[C@@H]3CCCC[C@@H]3C)CC2)cc1C. The van der Waals surface area contributed by atoms with Gasteiger partial charge in [-0.3, -0.25) is 4.79 Å². The number of benzene rings is 1. The van der Waals surface area contributed by atoms with Gasteiger partial charge in [0, 0.05) is 6.04 Å². The summed E-state index contributed by atoms with van der Waals surface area (Å²) in [5.74, 6) is 0.638. The molecule has 1 saturated heterocycles. The van der Waals surface area contributed by atoms with Crippen LogP contribution in [0, 0.1) is 19.8 Å². The average Bonchev–Trinajstić information content (AvgIpc) is 2.71. The summed E-state index contributed by atoms with van der Waals surface area (Å²) < 4.78 is 27.6. The molecule has 2 aliphatic rings. The first kappa shape index (κ1) is 22.2. The lowest BCUT2D eigenvalue weighted by Crippen LogP contribution is -3.19. The summed E-state index contributed by atoms with van der Waals surface area (Å²) in [5.41, 5.74) is 2.07. The Morgan fingerprint density at radius 3 is 2.41 bits per heavy atom. The highest BCUT2D eigenvalue weighted by molar-refractivity contribution is 7.89. The topological polar surface area (TPSA) is 70.9 Å². The van der Waals surface area contributed by atoms with Gasteiger partial charge in [-0.25, -0.2) is 8.42 Å². The van der Waals surface area contributed by atoms with E-state index in [1.54, 1.807) is 16.4 Å². The van der Waals surface area contributed by atoms with Gasteiger partial charge in [0.05, 0.1) is 31.1 Å². The van der Waals surface area contributed by atoms with Crippen molar-refractivity contribution >= 4 is 15.9 Å². The predicted molar refractivity (Wildman–Crippen MR) is 114 cm³/mol. The molecule has 3 rings (SSSR count). The molecule has 0 spiro atoms. The van der Waals surface area contributed by atoms with Crippen LogP contribution < -0.4 is 10.2 Å². The molecule has 1 aliphatic carbocycles. The van der Waals surface area contributed by atoms with Crippen molar-refractivity contribution in [2.45, 2.75) is 70.4 Å². The minimum Gasteiger partial charge on any atom is -0.348 e. The van der Waals surface area contributed by atoms with E-state index in [-0.39, 0.29) is 18.0 Å². The Balaban J connectivity index is 1.57. The number of quaternary nitrogens is 1. The second-order valence-electron chi connectivity index (χ2n) is 8.91. The van der Waals surface area contributed by atoms with E-state index < -0.39 is 10.0 Å². The summed E-state index contributed by atoms with van der Waals surface area (Å²) in [6, 6.07) is 5.44. The van der Waals surface area contributed by atoms with E-state index in [4.69, 9.17) is 0 Å². The van der Waals surface area contributed by atoms with Crippen molar-refractivity contribution in [1.29, 1.82) is 0 Å². The zero-order chi connectivity index (χ0) is 21.2. The Hall–Kier alpha value is -1.44. The first-order valence-corrected chi connectivity index (χ1v) is 12.4. The van der Waals surface area contributed by atoms with Gasteiger partial charge in [0.2, 0.25) is 10.0 Å². The van der Waals surface area contributed by atoms with Gasteiger partial charge < -0.3 is 10.2 Å². The third-order valence-electron chi connectivity index (χ3n) is 6.93. The van der Waals surface area contributed by atoms with Crippen molar-refractivity contribution < 1.29 is 18.1 Å². The number of piperazine rings is 1. The molecule has 2 fully saturated rings. The number of carbonyl (C=O) groups is 1. The molecular formula is C22H36N3O3S+. The number of nitrogens with one attached hydrogen (secondary N) is 2. The van der Waals surface area contributed by atoms with E-state index in [9.17, 15) is 13.2 Å². The van der Waals surface area contributed by atoms with Crippen molar-refractivity contribution in [2.75, 3.05) is 26.2 Å². The van der Waals surface area contributed by atoms with Crippen LogP contribution in [0.5, 0.6) is 0 Å². The summed E-state index contributed by atoms with van der Waals surface area (Å²) in [4.78, 5) is 14.3. The highest BCUT2D eigenvalue weighted by Gasteiger charge is 2.35. The van der Waals surface area contributed by atoms with E-state index in [1.807, 2.05) is 26.8 Å².